The van der Waals surface area contributed by atoms with Crippen LogP contribution in [0.4, 0.5) is 0 Å². The molecule has 2 amide bonds. The molecular weight excluding hydrogens is 387 g/mol. The molecular formula is C19H22Cl2N4O2. The fourth-order valence-electron chi connectivity index (χ4n) is 3.03. The van der Waals surface area contributed by atoms with Crippen LogP contribution in [-0.2, 0) is 4.79 Å². The van der Waals surface area contributed by atoms with Crippen LogP contribution in [-0.4, -0.2) is 47.4 Å². The summed E-state index contributed by atoms with van der Waals surface area (Å²) in [5.74, 6) is -0.404. The number of piperazine rings is 1. The van der Waals surface area contributed by atoms with Crippen LogP contribution in [0.5, 0.6) is 0 Å². The molecule has 2 unspecified atom stereocenters. The van der Waals surface area contributed by atoms with Crippen molar-refractivity contribution in [2.24, 2.45) is 0 Å². The van der Waals surface area contributed by atoms with Crippen molar-refractivity contribution in [2.75, 3.05) is 19.6 Å². The van der Waals surface area contributed by atoms with Crippen LogP contribution in [0.25, 0.3) is 0 Å². The number of hydrogen-bond donors (Lipinski definition) is 2. The van der Waals surface area contributed by atoms with E-state index in [1.54, 1.807) is 48.5 Å². The van der Waals surface area contributed by atoms with Gasteiger partial charge in [0, 0.05) is 42.6 Å². The Morgan fingerprint density at radius 1 is 1.30 bits per heavy atom. The number of rotatable bonds is 4. The van der Waals surface area contributed by atoms with Crippen molar-refractivity contribution in [3.63, 3.8) is 0 Å². The minimum atomic E-state index is -0.629. The van der Waals surface area contributed by atoms with Gasteiger partial charge in [0.25, 0.3) is 5.91 Å². The summed E-state index contributed by atoms with van der Waals surface area (Å²) in [7, 11) is 0. The van der Waals surface area contributed by atoms with Crippen molar-refractivity contribution in [1.29, 1.82) is 0 Å². The molecule has 0 aliphatic carbocycles. The maximum atomic E-state index is 12.9. The molecule has 1 aromatic heterocycles. The second-order valence-corrected chi connectivity index (χ2v) is 6.68. The van der Waals surface area contributed by atoms with E-state index in [-0.39, 0.29) is 30.3 Å². The molecule has 0 saturated carbocycles. The number of carbonyl (C=O) groups is 2. The van der Waals surface area contributed by atoms with Gasteiger partial charge in [-0.1, -0.05) is 17.7 Å². The van der Waals surface area contributed by atoms with Gasteiger partial charge >= 0.3 is 0 Å². The number of aromatic nitrogens is 1. The smallest absolute Gasteiger partial charge is 0.251 e. The zero-order valence-corrected chi connectivity index (χ0v) is 16.5. The number of nitrogens with zero attached hydrogens (tertiary/aromatic N) is 2. The zero-order chi connectivity index (χ0) is 18.5. The highest BCUT2D eigenvalue weighted by atomic mass is 35.5. The van der Waals surface area contributed by atoms with Crippen LogP contribution in [0.3, 0.4) is 0 Å². The normalized spacial score (nSPS) is 17.6. The summed E-state index contributed by atoms with van der Waals surface area (Å²) < 4.78 is 0. The van der Waals surface area contributed by atoms with Gasteiger partial charge in [0.15, 0.2) is 0 Å². The lowest BCUT2D eigenvalue weighted by molar-refractivity contribution is -0.136. The van der Waals surface area contributed by atoms with Gasteiger partial charge in [0.2, 0.25) is 5.91 Å². The predicted octanol–water partition coefficient (Wildman–Crippen LogP) is 2.45. The van der Waals surface area contributed by atoms with Gasteiger partial charge in [-0.3, -0.25) is 14.6 Å². The molecule has 2 heterocycles. The van der Waals surface area contributed by atoms with E-state index >= 15 is 0 Å². The Morgan fingerprint density at radius 3 is 2.70 bits per heavy atom. The first-order valence-corrected chi connectivity index (χ1v) is 8.91. The Morgan fingerprint density at radius 2 is 2.04 bits per heavy atom. The molecule has 2 atom stereocenters. The average Bonchev–Trinajstić information content (AvgIpc) is 2.68. The van der Waals surface area contributed by atoms with Gasteiger partial charge in [-0.2, -0.15) is 0 Å². The Bertz CT molecular complexity index is 771. The average molecular weight is 409 g/mol. The van der Waals surface area contributed by atoms with E-state index in [1.165, 1.54) is 0 Å². The third-order valence-corrected chi connectivity index (χ3v) is 4.67. The van der Waals surface area contributed by atoms with Crippen molar-refractivity contribution in [3.8, 4) is 0 Å². The molecule has 1 aromatic carbocycles. The lowest BCUT2D eigenvalue weighted by atomic mass is 10.0. The maximum absolute atomic E-state index is 12.9. The first-order chi connectivity index (χ1) is 12.6. The first kappa shape index (κ1) is 21.2. The monoisotopic (exact) mass is 408 g/mol. The van der Waals surface area contributed by atoms with E-state index in [0.717, 1.165) is 12.1 Å². The molecule has 8 heteroatoms. The van der Waals surface area contributed by atoms with Crippen molar-refractivity contribution >= 4 is 35.8 Å². The maximum Gasteiger partial charge on any atom is 0.251 e. The van der Waals surface area contributed by atoms with E-state index < -0.39 is 6.04 Å². The molecule has 0 radical (unpaired) electrons. The quantitative estimate of drug-likeness (QED) is 0.814. The Labute approximate surface area is 169 Å². The predicted molar refractivity (Wildman–Crippen MR) is 107 cm³/mol. The number of pyridine rings is 1. The van der Waals surface area contributed by atoms with Crippen LogP contribution < -0.4 is 10.6 Å². The molecule has 2 aromatic rings. The number of carbonyl (C=O) groups excluding carboxylic acids is 2. The highest BCUT2D eigenvalue weighted by molar-refractivity contribution is 6.30. The third-order valence-electron chi connectivity index (χ3n) is 4.42. The standard InChI is InChI=1S/C19H21ClN4O2.ClH/c1-13(23-18(25)14-4-6-16(20)7-5-14)19(26)24-10-9-22-12-17(24)15-3-2-8-21-11-15;/h2-8,11,13,17,22H,9-10,12H2,1H3,(H,23,25);1H. The largest absolute Gasteiger partial charge is 0.341 e. The zero-order valence-electron chi connectivity index (χ0n) is 14.9. The third kappa shape index (κ3) is 5.19. The van der Waals surface area contributed by atoms with Crippen molar-refractivity contribution in [1.82, 2.24) is 20.5 Å². The summed E-state index contributed by atoms with van der Waals surface area (Å²) in [6.07, 6.45) is 3.48. The molecule has 1 aliphatic rings. The fraction of sp³-hybridized carbons (Fsp3) is 0.316. The molecule has 0 spiro atoms. The van der Waals surface area contributed by atoms with Gasteiger partial charge in [0.05, 0.1) is 6.04 Å². The van der Waals surface area contributed by atoms with Gasteiger partial charge in [-0.15, -0.1) is 12.4 Å². The fourth-order valence-corrected chi connectivity index (χ4v) is 3.16. The molecule has 2 N–H and O–H groups in total. The SMILES string of the molecule is CC(NC(=O)c1ccc(Cl)cc1)C(=O)N1CCNCC1c1cccnc1.Cl. The summed E-state index contributed by atoms with van der Waals surface area (Å²) >= 11 is 5.84. The van der Waals surface area contributed by atoms with Crippen LogP contribution >= 0.6 is 24.0 Å². The van der Waals surface area contributed by atoms with Crippen molar-refractivity contribution in [2.45, 2.75) is 19.0 Å². The summed E-state index contributed by atoms with van der Waals surface area (Å²) in [5.41, 5.74) is 1.45. The van der Waals surface area contributed by atoms with Crippen molar-refractivity contribution < 1.29 is 9.59 Å². The van der Waals surface area contributed by atoms with Gasteiger partial charge in [0.1, 0.15) is 6.04 Å². The molecule has 144 valence electrons. The Kier molecular flexibility index (Phi) is 7.59. The molecule has 1 saturated heterocycles. The summed E-state index contributed by atoms with van der Waals surface area (Å²) in [6, 6.07) is 9.67. The molecule has 0 bridgehead atoms. The summed E-state index contributed by atoms with van der Waals surface area (Å²) in [6.45, 7) is 3.67. The topological polar surface area (TPSA) is 74.3 Å². The van der Waals surface area contributed by atoms with Gasteiger partial charge < -0.3 is 15.5 Å². The number of hydrogen-bond acceptors (Lipinski definition) is 4. The number of benzene rings is 1. The highest BCUT2D eigenvalue weighted by Gasteiger charge is 2.31. The van der Waals surface area contributed by atoms with E-state index in [1.807, 2.05) is 12.1 Å². The second-order valence-electron chi connectivity index (χ2n) is 6.24. The number of nitrogens with one attached hydrogen (secondary N) is 2. The number of halogens is 2. The molecule has 6 nitrogen and oxygen atoms in total. The molecule has 1 fully saturated rings. The van der Waals surface area contributed by atoms with Crippen molar-refractivity contribution in [3.05, 3.63) is 64.9 Å². The number of amides is 2. The lowest BCUT2D eigenvalue weighted by Gasteiger charge is -2.38. The van der Waals surface area contributed by atoms with Crippen LogP contribution in [0, 0.1) is 0 Å². The Balaban J connectivity index is 0.00000261. The first-order valence-electron chi connectivity index (χ1n) is 8.54. The van der Waals surface area contributed by atoms with Crippen LogP contribution in [0.2, 0.25) is 5.02 Å². The van der Waals surface area contributed by atoms with Crippen LogP contribution in [0.1, 0.15) is 28.9 Å². The van der Waals surface area contributed by atoms with E-state index in [4.69, 9.17) is 11.6 Å². The van der Waals surface area contributed by atoms with E-state index in [2.05, 4.69) is 15.6 Å². The van der Waals surface area contributed by atoms with Gasteiger partial charge in [-0.25, -0.2) is 0 Å². The minimum absolute atomic E-state index is 0. The molecule has 27 heavy (non-hydrogen) atoms. The molecule has 3 rings (SSSR count). The Hall–Kier alpha value is -2.15. The lowest BCUT2D eigenvalue weighted by Crippen LogP contribution is -2.54. The minimum Gasteiger partial charge on any atom is -0.341 e. The summed E-state index contributed by atoms with van der Waals surface area (Å²) in [4.78, 5) is 31.3. The van der Waals surface area contributed by atoms with E-state index in [0.29, 0.717) is 23.7 Å². The highest BCUT2D eigenvalue weighted by Crippen LogP contribution is 2.22. The van der Waals surface area contributed by atoms with Crippen LogP contribution in [0.15, 0.2) is 48.8 Å². The summed E-state index contributed by atoms with van der Waals surface area (Å²) in [5, 5.41) is 6.64. The molecule has 1 aliphatic heterocycles. The second kappa shape index (κ2) is 9.69. The van der Waals surface area contributed by atoms with Gasteiger partial charge in [-0.05, 0) is 42.8 Å². The van der Waals surface area contributed by atoms with E-state index in [9.17, 15) is 9.59 Å².